The fourth-order valence-corrected chi connectivity index (χ4v) is 15.9. The van der Waals surface area contributed by atoms with Crippen molar-refractivity contribution in [3.8, 4) is 0 Å². The van der Waals surface area contributed by atoms with E-state index in [9.17, 15) is 0 Å². The molecule has 0 aliphatic carbocycles. The predicted octanol–water partition coefficient (Wildman–Crippen LogP) is 5.97. The highest BCUT2D eigenvalue weighted by atomic mass is 28.3. The van der Waals surface area contributed by atoms with Crippen LogP contribution in [0.5, 0.6) is 0 Å². The summed E-state index contributed by atoms with van der Waals surface area (Å²) in [6.45, 7) is 13.5. The van der Waals surface area contributed by atoms with Crippen LogP contribution in [0.3, 0.4) is 0 Å². The lowest BCUT2D eigenvalue weighted by Crippen LogP contribution is -2.33. The van der Waals surface area contributed by atoms with E-state index in [1.54, 1.807) is 85.3 Å². The molecule has 0 aliphatic heterocycles. The van der Waals surface area contributed by atoms with E-state index < -0.39 is 55.7 Å². The Morgan fingerprint density at radius 2 is 0.333 bits per heavy atom. The molecular weight excluding hydrogens is 793 g/mol. The summed E-state index contributed by atoms with van der Waals surface area (Å²) in [5.41, 5.74) is 8.93. The summed E-state index contributed by atoms with van der Waals surface area (Å²) in [5, 5.41) is 0. The minimum atomic E-state index is -1.58. The maximum absolute atomic E-state index is 5.99. The standard InChI is InChI=1S/C36H72O12Si6/c1-25(49(37-7)38-8)19-31-32(20-26(2)50(39-9)40-10)34(22-28(4)52(43-13)44-14)36(24-30(6)54(47-17)48-18)35(23-29(5)53(45-15)46-16)33(31)21-27(3)51(41-11)42-12/h25-30H,19-24H2,1-18H3. The SMILES string of the molecule is CO[Si](OC)C(C)Cc1c(CC(C)[Si](OC)OC)c(CC(C)[Si](OC)OC)c(CC(C)[Si](OC)OC)c(CC(C)[Si](OC)OC)c1CC(C)[Si](OC)OC. The monoisotopic (exact) mass is 864 g/mol. The van der Waals surface area contributed by atoms with Crippen LogP contribution in [-0.4, -0.2) is 141 Å². The molecule has 0 spiro atoms. The fraction of sp³-hybridized carbons (Fsp3) is 0.833. The molecule has 1 rings (SSSR count). The normalized spacial score (nSPS) is 16.0. The maximum Gasteiger partial charge on any atom is 0.387 e. The average molecular weight is 865 g/mol. The molecule has 54 heavy (non-hydrogen) atoms. The molecule has 1 aromatic carbocycles. The molecule has 0 bridgehead atoms. The Bertz CT molecular complexity index is 907. The maximum atomic E-state index is 5.99. The Kier molecular flexibility index (Phi) is 26.7. The summed E-state index contributed by atoms with van der Waals surface area (Å²) in [4.78, 5) is 0. The number of rotatable bonds is 30. The molecule has 0 saturated carbocycles. The highest BCUT2D eigenvalue weighted by molar-refractivity contribution is 6.48. The molecule has 0 heterocycles. The Morgan fingerprint density at radius 3 is 0.407 bits per heavy atom. The van der Waals surface area contributed by atoms with Crippen LogP contribution in [0.25, 0.3) is 0 Å². The van der Waals surface area contributed by atoms with Crippen molar-refractivity contribution in [1.82, 2.24) is 0 Å². The summed E-state index contributed by atoms with van der Waals surface area (Å²) in [7, 11) is 11.6. The van der Waals surface area contributed by atoms with Crippen LogP contribution in [0, 0.1) is 0 Å². The molecule has 6 unspecified atom stereocenters. The highest BCUT2D eigenvalue weighted by Gasteiger charge is 2.37. The first-order valence-electron chi connectivity index (χ1n) is 18.6. The van der Waals surface area contributed by atoms with Crippen LogP contribution in [0.4, 0.5) is 0 Å². The summed E-state index contributed by atoms with van der Waals surface area (Å²) in [5.74, 6) is 0. The van der Waals surface area contributed by atoms with Crippen LogP contribution in [-0.2, 0) is 91.6 Å². The first kappa shape index (κ1) is 52.1. The molecular formula is C36H72O12Si6. The van der Waals surface area contributed by atoms with Gasteiger partial charge in [0.15, 0.2) is 0 Å². The smallest absolute Gasteiger partial charge is 0.387 e. The molecule has 12 nitrogen and oxygen atoms in total. The zero-order valence-corrected chi connectivity index (χ0v) is 42.6. The lowest BCUT2D eigenvalue weighted by atomic mass is 9.78. The third kappa shape index (κ3) is 14.7. The van der Waals surface area contributed by atoms with Crippen LogP contribution < -0.4 is 0 Å². The van der Waals surface area contributed by atoms with Crippen molar-refractivity contribution in [1.29, 1.82) is 0 Å². The zero-order chi connectivity index (χ0) is 41.1. The number of benzene rings is 1. The predicted molar refractivity (Wildman–Crippen MR) is 224 cm³/mol. The molecule has 6 radical (unpaired) electrons. The summed E-state index contributed by atoms with van der Waals surface area (Å²) in [6, 6.07) is 0. The molecule has 0 aliphatic rings. The van der Waals surface area contributed by atoms with E-state index >= 15 is 0 Å². The van der Waals surface area contributed by atoms with Gasteiger partial charge in [0.25, 0.3) is 0 Å². The van der Waals surface area contributed by atoms with E-state index in [-0.39, 0.29) is 33.2 Å². The van der Waals surface area contributed by atoms with Crippen LogP contribution in [0.1, 0.15) is 74.9 Å². The zero-order valence-electron chi connectivity index (χ0n) is 36.6. The molecule has 6 atom stereocenters. The summed E-state index contributed by atoms with van der Waals surface area (Å²) >= 11 is 0. The quantitative estimate of drug-likeness (QED) is 0.0851. The molecule has 0 aromatic heterocycles. The van der Waals surface area contributed by atoms with Gasteiger partial charge in [-0.05, 0) is 71.9 Å². The minimum Gasteiger partial charge on any atom is -0.397 e. The second kappa shape index (κ2) is 27.7. The fourth-order valence-electron chi connectivity index (χ4n) is 7.82. The summed E-state index contributed by atoms with van der Waals surface area (Å²) in [6.07, 6.45) is 4.71. The molecule has 0 fully saturated rings. The molecule has 1 aromatic rings. The van der Waals surface area contributed by atoms with E-state index in [4.69, 9.17) is 53.1 Å². The second-order valence-corrected chi connectivity index (χ2v) is 28.5. The first-order valence-corrected chi connectivity index (χ1v) is 27.0. The largest absolute Gasteiger partial charge is 0.397 e. The van der Waals surface area contributed by atoms with Crippen molar-refractivity contribution < 1.29 is 53.1 Å². The molecule has 0 saturated heterocycles. The van der Waals surface area contributed by atoms with E-state index in [0.717, 1.165) is 38.5 Å². The van der Waals surface area contributed by atoms with E-state index in [0.29, 0.717) is 0 Å². The van der Waals surface area contributed by atoms with Gasteiger partial charge in [0, 0.05) is 119 Å². The van der Waals surface area contributed by atoms with E-state index in [1.165, 1.54) is 33.4 Å². The van der Waals surface area contributed by atoms with Gasteiger partial charge in [-0.1, -0.05) is 41.5 Å². The lowest BCUT2D eigenvalue weighted by Gasteiger charge is -2.34. The Balaban J connectivity index is 4.74. The van der Waals surface area contributed by atoms with Gasteiger partial charge in [0.1, 0.15) is 0 Å². The lowest BCUT2D eigenvalue weighted by molar-refractivity contribution is 0.263. The van der Waals surface area contributed by atoms with Crippen LogP contribution in [0.15, 0.2) is 0 Å². The van der Waals surface area contributed by atoms with Gasteiger partial charge >= 0.3 is 55.7 Å². The van der Waals surface area contributed by atoms with Crippen molar-refractivity contribution in [3.63, 3.8) is 0 Å². The molecule has 18 heteroatoms. The van der Waals surface area contributed by atoms with Crippen LogP contribution >= 0.6 is 0 Å². The van der Waals surface area contributed by atoms with Gasteiger partial charge in [-0.25, -0.2) is 0 Å². The highest BCUT2D eigenvalue weighted by Crippen LogP contribution is 2.42. The minimum absolute atomic E-state index is 0.143. The summed E-state index contributed by atoms with van der Waals surface area (Å²) < 4.78 is 71.8. The Hall–Kier alpha value is 0.0413. The molecule has 0 amide bonds. The van der Waals surface area contributed by atoms with Crippen molar-refractivity contribution in [2.45, 2.75) is 113 Å². The van der Waals surface area contributed by atoms with Crippen molar-refractivity contribution in [2.75, 3.05) is 85.3 Å². The van der Waals surface area contributed by atoms with Crippen molar-refractivity contribution in [3.05, 3.63) is 33.4 Å². The number of hydrogen-bond acceptors (Lipinski definition) is 12. The van der Waals surface area contributed by atoms with E-state index in [1.807, 2.05) is 0 Å². The molecule has 312 valence electrons. The van der Waals surface area contributed by atoms with Crippen LogP contribution in [0.2, 0.25) is 33.2 Å². The van der Waals surface area contributed by atoms with Crippen molar-refractivity contribution in [2.24, 2.45) is 0 Å². The van der Waals surface area contributed by atoms with Gasteiger partial charge in [0.2, 0.25) is 0 Å². The third-order valence-corrected chi connectivity index (χ3v) is 21.0. The van der Waals surface area contributed by atoms with Gasteiger partial charge in [-0.15, -0.1) is 0 Å². The van der Waals surface area contributed by atoms with Gasteiger partial charge < -0.3 is 53.1 Å². The molecule has 0 N–H and O–H groups in total. The van der Waals surface area contributed by atoms with Gasteiger partial charge in [0.05, 0.1) is 0 Å². The van der Waals surface area contributed by atoms with E-state index in [2.05, 4.69) is 41.5 Å². The second-order valence-electron chi connectivity index (χ2n) is 13.9. The van der Waals surface area contributed by atoms with Gasteiger partial charge in [-0.3, -0.25) is 0 Å². The van der Waals surface area contributed by atoms with Gasteiger partial charge in [-0.2, -0.15) is 0 Å². The Morgan fingerprint density at radius 1 is 0.241 bits per heavy atom. The topological polar surface area (TPSA) is 111 Å². The number of hydrogen-bond donors (Lipinski definition) is 0. The average Bonchev–Trinajstić information content (AvgIpc) is 3.15. The first-order chi connectivity index (χ1) is 25.7. The third-order valence-electron chi connectivity index (χ3n) is 10.1. The Labute approximate surface area is 339 Å². The van der Waals surface area contributed by atoms with Crippen molar-refractivity contribution >= 4 is 55.7 Å².